The molecule has 2 fully saturated rings. The predicted molar refractivity (Wildman–Crippen MR) is 115 cm³/mol. The van der Waals surface area contributed by atoms with Crippen molar-refractivity contribution in [3.63, 3.8) is 0 Å². The summed E-state index contributed by atoms with van der Waals surface area (Å²) in [6.45, 7) is 6.91. The van der Waals surface area contributed by atoms with Crippen molar-refractivity contribution in [1.29, 1.82) is 0 Å². The maximum absolute atomic E-state index is 13.0. The van der Waals surface area contributed by atoms with Crippen LogP contribution in [0.2, 0.25) is 0 Å². The van der Waals surface area contributed by atoms with Crippen molar-refractivity contribution >= 4 is 12.1 Å². The molecular formula is C23H37N3O5. The van der Waals surface area contributed by atoms with Gasteiger partial charge in [-0.05, 0) is 53.4 Å². The normalized spacial score (nSPS) is 19.9. The van der Waals surface area contributed by atoms with Gasteiger partial charge in [0.2, 0.25) is 0 Å². The number of rotatable bonds is 5. The Kier molecular flexibility index (Phi) is 7.75. The SMILES string of the molecule is Cc1ncn(C(=O)OC(C)(C)C)c1C(O)C(=O)ON(C1CCCCC1)C1CCCCC1. The van der Waals surface area contributed by atoms with E-state index in [1.165, 1.54) is 19.2 Å². The minimum Gasteiger partial charge on any atom is -0.443 e. The van der Waals surface area contributed by atoms with Gasteiger partial charge in [-0.15, -0.1) is 5.06 Å². The van der Waals surface area contributed by atoms with Gasteiger partial charge in [-0.25, -0.2) is 19.1 Å². The first-order valence-electron chi connectivity index (χ1n) is 11.6. The Morgan fingerprint density at radius 1 is 1.06 bits per heavy atom. The van der Waals surface area contributed by atoms with Crippen molar-refractivity contribution in [2.24, 2.45) is 0 Å². The summed E-state index contributed by atoms with van der Waals surface area (Å²) in [7, 11) is 0. The summed E-state index contributed by atoms with van der Waals surface area (Å²) in [5.41, 5.74) is -0.236. The quantitative estimate of drug-likeness (QED) is 0.684. The standard InChI is InChI=1S/C23H37N3O5/c1-16-19(25(15-24-16)22(29)30-23(2,3)4)20(27)21(28)31-26(17-11-7-5-8-12-17)18-13-9-6-10-14-18/h15,17-18,20,27H,5-14H2,1-4H3. The molecule has 8 nitrogen and oxygen atoms in total. The third-order valence-electron chi connectivity index (χ3n) is 6.13. The molecule has 0 aliphatic heterocycles. The van der Waals surface area contributed by atoms with E-state index in [0.29, 0.717) is 5.69 Å². The molecule has 2 saturated carbocycles. The fourth-order valence-electron chi connectivity index (χ4n) is 4.62. The second-order valence-corrected chi connectivity index (χ2v) is 9.82. The Hall–Kier alpha value is -1.93. The molecule has 8 heteroatoms. The second kappa shape index (κ2) is 10.1. The Morgan fingerprint density at radius 3 is 2.06 bits per heavy atom. The van der Waals surface area contributed by atoms with E-state index in [2.05, 4.69) is 4.98 Å². The number of imidazole rings is 1. The number of hydrogen-bond acceptors (Lipinski definition) is 7. The average Bonchev–Trinajstić information content (AvgIpc) is 3.13. The predicted octanol–water partition coefficient (Wildman–Crippen LogP) is 4.43. The molecule has 174 valence electrons. The fraction of sp³-hybridized carbons (Fsp3) is 0.783. The zero-order valence-electron chi connectivity index (χ0n) is 19.3. The van der Waals surface area contributed by atoms with Gasteiger partial charge in [-0.2, -0.15) is 0 Å². The van der Waals surface area contributed by atoms with Crippen LogP contribution in [0, 0.1) is 6.92 Å². The van der Waals surface area contributed by atoms with Gasteiger partial charge in [0.15, 0.2) is 6.10 Å². The summed E-state index contributed by atoms with van der Waals surface area (Å²) in [6, 6.07) is 0.370. The minimum atomic E-state index is -1.62. The van der Waals surface area contributed by atoms with Gasteiger partial charge in [0.05, 0.1) is 11.4 Å². The highest BCUT2D eigenvalue weighted by atomic mass is 16.7. The lowest BCUT2D eigenvalue weighted by Gasteiger charge is -2.39. The van der Waals surface area contributed by atoms with Gasteiger partial charge in [-0.3, -0.25) is 0 Å². The lowest BCUT2D eigenvalue weighted by molar-refractivity contribution is -0.231. The number of aromatic nitrogens is 2. The number of hydrogen-bond donors (Lipinski definition) is 1. The molecular weight excluding hydrogens is 398 g/mol. The van der Waals surface area contributed by atoms with Gasteiger partial charge in [0.1, 0.15) is 11.9 Å². The minimum absolute atomic E-state index is 0.0893. The molecule has 2 aliphatic carbocycles. The molecule has 0 aromatic carbocycles. The number of nitrogens with zero attached hydrogens (tertiary/aromatic N) is 3. The van der Waals surface area contributed by atoms with Gasteiger partial charge in [0, 0.05) is 12.1 Å². The summed E-state index contributed by atoms with van der Waals surface area (Å²) in [5, 5.41) is 12.7. The largest absolute Gasteiger partial charge is 0.443 e. The first-order chi connectivity index (χ1) is 14.7. The Balaban J connectivity index is 1.77. The first kappa shape index (κ1) is 23.7. The van der Waals surface area contributed by atoms with Crippen LogP contribution in [-0.4, -0.2) is 49.5 Å². The van der Waals surface area contributed by atoms with Crippen molar-refractivity contribution in [3.05, 3.63) is 17.7 Å². The Morgan fingerprint density at radius 2 is 1.58 bits per heavy atom. The first-order valence-corrected chi connectivity index (χ1v) is 11.6. The van der Waals surface area contributed by atoms with E-state index in [4.69, 9.17) is 9.57 Å². The van der Waals surface area contributed by atoms with Crippen molar-refractivity contribution < 1.29 is 24.3 Å². The number of hydroxylamine groups is 2. The van der Waals surface area contributed by atoms with Crippen molar-refractivity contribution in [1.82, 2.24) is 14.6 Å². The Bertz CT molecular complexity index is 740. The molecule has 0 saturated heterocycles. The number of aryl methyl sites for hydroxylation is 1. The molecule has 1 aromatic rings. The average molecular weight is 436 g/mol. The number of aliphatic hydroxyl groups excluding tert-OH is 1. The highest BCUT2D eigenvalue weighted by molar-refractivity contribution is 5.79. The molecule has 2 aliphatic rings. The zero-order chi connectivity index (χ0) is 22.6. The molecule has 1 heterocycles. The van der Waals surface area contributed by atoms with Crippen LogP contribution in [0.15, 0.2) is 6.33 Å². The molecule has 0 bridgehead atoms. The zero-order valence-corrected chi connectivity index (χ0v) is 19.3. The molecule has 0 radical (unpaired) electrons. The van der Waals surface area contributed by atoms with Crippen LogP contribution in [0.25, 0.3) is 0 Å². The van der Waals surface area contributed by atoms with Crippen LogP contribution in [0.1, 0.15) is 102 Å². The molecule has 1 N–H and O–H groups in total. The van der Waals surface area contributed by atoms with E-state index >= 15 is 0 Å². The second-order valence-electron chi connectivity index (χ2n) is 9.82. The van der Waals surface area contributed by atoms with Gasteiger partial charge < -0.3 is 14.7 Å². The molecule has 1 unspecified atom stereocenters. The van der Waals surface area contributed by atoms with Crippen molar-refractivity contribution in [2.45, 2.75) is 116 Å². The summed E-state index contributed by atoms with van der Waals surface area (Å²) in [6.07, 6.45) is 9.85. The van der Waals surface area contributed by atoms with Crippen molar-refractivity contribution in [2.75, 3.05) is 0 Å². The third kappa shape index (κ3) is 6.07. The maximum atomic E-state index is 13.0. The summed E-state index contributed by atoms with van der Waals surface area (Å²) < 4.78 is 6.48. The maximum Gasteiger partial charge on any atom is 0.420 e. The fourth-order valence-corrected chi connectivity index (χ4v) is 4.62. The monoisotopic (exact) mass is 435 g/mol. The summed E-state index contributed by atoms with van der Waals surface area (Å²) >= 11 is 0. The lowest BCUT2D eigenvalue weighted by atomic mass is 9.90. The third-order valence-corrected chi connectivity index (χ3v) is 6.13. The van der Waals surface area contributed by atoms with Gasteiger partial charge in [0.25, 0.3) is 0 Å². The highest BCUT2D eigenvalue weighted by Crippen LogP contribution is 2.31. The van der Waals surface area contributed by atoms with E-state index in [0.717, 1.165) is 55.9 Å². The smallest absolute Gasteiger partial charge is 0.420 e. The molecule has 0 spiro atoms. The number of carbonyl (C=O) groups is 2. The number of carbonyl (C=O) groups excluding carboxylic acids is 2. The molecule has 31 heavy (non-hydrogen) atoms. The van der Waals surface area contributed by atoms with E-state index in [9.17, 15) is 14.7 Å². The van der Waals surface area contributed by atoms with Gasteiger partial charge in [-0.1, -0.05) is 38.5 Å². The summed E-state index contributed by atoms with van der Waals surface area (Å²) in [5.74, 6) is -0.774. The topological polar surface area (TPSA) is 93.9 Å². The van der Waals surface area contributed by atoms with Crippen LogP contribution < -0.4 is 0 Å². The molecule has 1 aromatic heterocycles. The van der Waals surface area contributed by atoms with Gasteiger partial charge >= 0.3 is 12.1 Å². The number of ether oxygens (including phenoxy) is 1. The Labute approximate surface area is 184 Å². The van der Waals surface area contributed by atoms with Crippen molar-refractivity contribution in [3.8, 4) is 0 Å². The van der Waals surface area contributed by atoms with Crippen LogP contribution in [-0.2, 0) is 14.4 Å². The van der Waals surface area contributed by atoms with Crippen LogP contribution in [0.4, 0.5) is 4.79 Å². The van der Waals surface area contributed by atoms with Crippen LogP contribution >= 0.6 is 0 Å². The highest BCUT2D eigenvalue weighted by Gasteiger charge is 2.36. The van der Waals surface area contributed by atoms with E-state index in [1.807, 2.05) is 5.06 Å². The lowest BCUT2D eigenvalue weighted by Crippen LogP contribution is -2.47. The number of aliphatic hydroxyl groups is 1. The van der Waals surface area contributed by atoms with E-state index in [1.54, 1.807) is 27.7 Å². The molecule has 3 rings (SSSR count). The van der Waals surface area contributed by atoms with E-state index in [-0.39, 0.29) is 17.8 Å². The molecule has 1 atom stereocenters. The van der Waals surface area contributed by atoms with Crippen LogP contribution in [0.3, 0.4) is 0 Å². The van der Waals surface area contributed by atoms with E-state index < -0.39 is 23.8 Å². The van der Waals surface area contributed by atoms with Crippen LogP contribution in [0.5, 0.6) is 0 Å². The summed E-state index contributed by atoms with van der Waals surface area (Å²) in [4.78, 5) is 35.6. The molecule has 0 amide bonds.